The maximum Gasteiger partial charge on any atom is 0.341 e. The van der Waals surface area contributed by atoms with E-state index in [1.165, 1.54) is 21.5 Å². The molecule has 0 saturated carbocycles. The van der Waals surface area contributed by atoms with Crippen molar-refractivity contribution in [2.24, 2.45) is 0 Å². The van der Waals surface area contributed by atoms with Crippen molar-refractivity contribution in [2.45, 2.75) is 19.4 Å². The first kappa shape index (κ1) is 16.6. The second kappa shape index (κ2) is 7.51. The molecule has 0 fully saturated rings. The molecule has 0 saturated heterocycles. The lowest BCUT2D eigenvalue weighted by Crippen LogP contribution is -2.06. The topological polar surface area (TPSA) is 0 Å². The van der Waals surface area contributed by atoms with Gasteiger partial charge in [-0.05, 0) is 39.7 Å². The predicted molar refractivity (Wildman–Crippen MR) is 99.9 cm³/mol. The first-order valence-electron chi connectivity index (χ1n) is 6.94. The summed E-state index contributed by atoms with van der Waals surface area (Å²) in [5, 5.41) is 5.25. The number of halogens is 3. The predicted octanol–water partition coefficient (Wildman–Crippen LogP) is 7.04. The van der Waals surface area contributed by atoms with Crippen LogP contribution in [0.3, 0.4) is 0 Å². The standard InChI is InChI=1S/C14H10.C3H7Cl3Si/c1-2-6-12-10-14-8-4-3-7-13(14)9-11(12)5-1;1-2-3-7(4,5)6/h1-10H;2-3H2,1H3. The summed E-state index contributed by atoms with van der Waals surface area (Å²) in [6, 6.07) is 20.0. The van der Waals surface area contributed by atoms with E-state index in [1.807, 2.05) is 6.92 Å². The van der Waals surface area contributed by atoms with Crippen LogP contribution in [-0.2, 0) is 0 Å². The van der Waals surface area contributed by atoms with Gasteiger partial charge in [-0.25, -0.2) is 0 Å². The van der Waals surface area contributed by atoms with E-state index < -0.39 is 6.00 Å². The van der Waals surface area contributed by atoms with Crippen LogP contribution < -0.4 is 0 Å². The van der Waals surface area contributed by atoms with Crippen LogP contribution >= 0.6 is 33.2 Å². The molecule has 0 spiro atoms. The maximum atomic E-state index is 5.50. The Hall–Kier alpha value is -0.733. The number of hydrogen-bond donors (Lipinski definition) is 0. The van der Waals surface area contributed by atoms with Gasteiger partial charge in [0.2, 0.25) is 0 Å². The van der Waals surface area contributed by atoms with E-state index in [2.05, 4.69) is 60.7 Å². The minimum atomic E-state index is -2.24. The average molecular weight is 356 g/mol. The van der Waals surface area contributed by atoms with Gasteiger partial charge in [0.15, 0.2) is 0 Å². The van der Waals surface area contributed by atoms with E-state index in [-0.39, 0.29) is 0 Å². The zero-order valence-electron chi connectivity index (χ0n) is 11.8. The smallest absolute Gasteiger partial charge is 0.126 e. The zero-order chi connectivity index (χ0) is 15.3. The summed E-state index contributed by atoms with van der Waals surface area (Å²) in [6.07, 6.45) is 0.975. The first-order valence-corrected chi connectivity index (χ1v) is 12.2. The molecule has 0 nitrogen and oxygen atoms in total. The average Bonchev–Trinajstić information content (AvgIpc) is 2.44. The molecule has 0 aromatic heterocycles. The van der Waals surface area contributed by atoms with Gasteiger partial charge >= 0.3 is 6.00 Å². The van der Waals surface area contributed by atoms with Crippen molar-refractivity contribution in [3.05, 3.63) is 60.7 Å². The van der Waals surface area contributed by atoms with E-state index in [0.717, 1.165) is 12.5 Å². The van der Waals surface area contributed by atoms with Crippen molar-refractivity contribution in [2.75, 3.05) is 0 Å². The summed E-state index contributed by atoms with van der Waals surface area (Å²) in [4.78, 5) is 0. The molecule has 0 N–H and O–H groups in total. The van der Waals surface area contributed by atoms with Crippen molar-refractivity contribution < 1.29 is 0 Å². The Morgan fingerprint density at radius 1 is 0.714 bits per heavy atom. The molecular formula is C17H17Cl3Si. The van der Waals surface area contributed by atoms with Gasteiger partial charge in [0, 0.05) is 0 Å². The van der Waals surface area contributed by atoms with Crippen LogP contribution in [0.5, 0.6) is 0 Å². The van der Waals surface area contributed by atoms with Crippen LogP contribution in [0, 0.1) is 0 Å². The van der Waals surface area contributed by atoms with Crippen molar-refractivity contribution in [1.29, 1.82) is 0 Å². The highest BCUT2D eigenvalue weighted by molar-refractivity contribution is 7.64. The molecule has 0 amide bonds. The number of rotatable bonds is 2. The summed E-state index contributed by atoms with van der Waals surface area (Å²) in [6.45, 7) is 2.01. The highest BCUT2D eigenvalue weighted by Gasteiger charge is 2.22. The Morgan fingerprint density at radius 2 is 1.05 bits per heavy atom. The highest BCUT2D eigenvalue weighted by atomic mass is 35.8. The molecule has 0 aliphatic carbocycles. The lowest BCUT2D eigenvalue weighted by molar-refractivity contribution is 1.07. The van der Waals surface area contributed by atoms with Crippen LogP contribution in [0.25, 0.3) is 21.5 Å². The molecule has 21 heavy (non-hydrogen) atoms. The molecule has 4 heteroatoms. The molecule has 0 bridgehead atoms. The first-order chi connectivity index (χ1) is 9.99. The fourth-order valence-corrected chi connectivity index (χ4v) is 4.43. The van der Waals surface area contributed by atoms with Gasteiger partial charge < -0.3 is 0 Å². The summed E-state index contributed by atoms with van der Waals surface area (Å²) in [7, 11) is 0. The van der Waals surface area contributed by atoms with E-state index in [9.17, 15) is 0 Å². The van der Waals surface area contributed by atoms with Gasteiger partial charge in [0.25, 0.3) is 0 Å². The fraction of sp³-hybridized carbons (Fsp3) is 0.176. The highest BCUT2D eigenvalue weighted by Crippen LogP contribution is 2.25. The molecule has 0 aliphatic heterocycles. The molecule has 3 aromatic rings. The van der Waals surface area contributed by atoms with E-state index >= 15 is 0 Å². The molecule has 0 atom stereocenters. The number of fused-ring (bicyclic) bond motifs is 2. The summed E-state index contributed by atoms with van der Waals surface area (Å²) in [5.41, 5.74) is 0. The molecule has 0 aliphatic rings. The maximum absolute atomic E-state index is 5.50. The largest absolute Gasteiger partial charge is 0.341 e. The van der Waals surface area contributed by atoms with E-state index in [4.69, 9.17) is 33.2 Å². The Kier molecular flexibility index (Phi) is 5.95. The SMILES string of the molecule is CCC[Si](Cl)(Cl)Cl.c1ccc2cc3ccccc3cc2c1. The van der Waals surface area contributed by atoms with Crippen molar-refractivity contribution >= 4 is 60.8 Å². The zero-order valence-corrected chi connectivity index (χ0v) is 15.1. The normalized spacial score (nSPS) is 11.2. The Bertz CT molecular complexity index is 615. The van der Waals surface area contributed by atoms with Gasteiger partial charge in [0.1, 0.15) is 0 Å². The van der Waals surface area contributed by atoms with Crippen molar-refractivity contribution in [3.8, 4) is 0 Å². The van der Waals surface area contributed by atoms with Crippen molar-refractivity contribution in [1.82, 2.24) is 0 Å². The van der Waals surface area contributed by atoms with E-state index in [1.54, 1.807) is 0 Å². The van der Waals surface area contributed by atoms with Gasteiger partial charge in [-0.1, -0.05) is 61.9 Å². The van der Waals surface area contributed by atoms with Gasteiger partial charge in [-0.2, -0.15) is 0 Å². The summed E-state index contributed by atoms with van der Waals surface area (Å²) >= 11 is 16.5. The van der Waals surface area contributed by atoms with Crippen LogP contribution in [0.4, 0.5) is 0 Å². The number of hydrogen-bond acceptors (Lipinski definition) is 0. The quantitative estimate of drug-likeness (QED) is 0.262. The van der Waals surface area contributed by atoms with Crippen LogP contribution in [0.15, 0.2) is 60.7 Å². The fourth-order valence-electron chi connectivity index (χ4n) is 2.17. The Morgan fingerprint density at radius 3 is 1.24 bits per heavy atom. The summed E-state index contributed by atoms with van der Waals surface area (Å²) in [5.74, 6) is 0. The molecule has 3 rings (SSSR count). The number of benzene rings is 3. The third-order valence-corrected chi connectivity index (χ3v) is 5.92. The monoisotopic (exact) mass is 354 g/mol. The lowest BCUT2D eigenvalue weighted by Gasteiger charge is -2.01. The third kappa shape index (κ3) is 5.19. The summed E-state index contributed by atoms with van der Waals surface area (Å²) < 4.78 is 0. The van der Waals surface area contributed by atoms with Crippen molar-refractivity contribution in [3.63, 3.8) is 0 Å². The molecule has 110 valence electrons. The Balaban J connectivity index is 0.000000199. The third-order valence-electron chi connectivity index (χ3n) is 3.15. The molecule has 0 radical (unpaired) electrons. The molecular weight excluding hydrogens is 339 g/mol. The van der Waals surface area contributed by atoms with E-state index in [0.29, 0.717) is 0 Å². The minimum Gasteiger partial charge on any atom is -0.126 e. The van der Waals surface area contributed by atoms with Gasteiger partial charge in [-0.15, -0.1) is 33.2 Å². The molecule has 3 aromatic carbocycles. The molecule has 0 unspecified atom stereocenters. The lowest BCUT2D eigenvalue weighted by atomic mass is 10.0. The second-order valence-corrected chi connectivity index (χ2v) is 14.2. The minimum absolute atomic E-state index is 0.775. The molecule has 0 heterocycles. The second-order valence-electron chi connectivity index (χ2n) is 4.91. The Labute approximate surface area is 140 Å². The van der Waals surface area contributed by atoms with Gasteiger partial charge in [-0.3, -0.25) is 0 Å². The van der Waals surface area contributed by atoms with Crippen LogP contribution in [0.1, 0.15) is 13.3 Å². The van der Waals surface area contributed by atoms with Crippen LogP contribution in [-0.4, -0.2) is 6.00 Å². The van der Waals surface area contributed by atoms with Gasteiger partial charge in [0.05, 0.1) is 0 Å². The van der Waals surface area contributed by atoms with Crippen LogP contribution in [0.2, 0.25) is 6.04 Å².